The zero-order valence-corrected chi connectivity index (χ0v) is 20.4. The Morgan fingerprint density at radius 3 is 2.43 bits per heavy atom. The highest BCUT2D eigenvalue weighted by atomic mass is 127. The van der Waals surface area contributed by atoms with Crippen molar-refractivity contribution in [2.75, 3.05) is 26.2 Å². The Labute approximate surface area is 195 Å². The summed E-state index contributed by atoms with van der Waals surface area (Å²) in [6.45, 7) is 9.89. The smallest absolute Gasteiger partial charge is 0.357 e. The summed E-state index contributed by atoms with van der Waals surface area (Å²) in [5.41, 5.74) is -0.0886. The predicted molar refractivity (Wildman–Crippen MR) is 127 cm³/mol. The highest BCUT2D eigenvalue weighted by Gasteiger charge is 2.45. The number of nitrogens with zero attached hydrogens (tertiary/aromatic N) is 2. The third-order valence-electron chi connectivity index (χ3n) is 6.14. The van der Waals surface area contributed by atoms with Crippen LogP contribution in [0.3, 0.4) is 0 Å². The molecular weight excluding hydrogens is 504 g/mol. The lowest BCUT2D eigenvalue weighted by molar-refractivity contribution is -0.137. The van der Waals surface area contributed by atoms with Crippen LogP contribution in [-0.4, -0.2) is 49.1 Å². The summed E-state index contributed by atoms with van der Waals surface area (Å²) in [5.74, 6) is 0.772. The molecule has 0 bridgehead atoms. The number of hydrogen-bond acceptors (Lipinski definition) is 2. The van der Waals surface area contributed by atoms with Crippen molar-refractivity contribution in [2.24, 2.45) is 4.99 Å². The molecule has 170 valence electrons. The number of benzene rings is 1. The molecule has 1 aliphatic carbocycles. The van der Waals surface area contributed by atoms with Crippen LogP contribution in [0.15, 0.2) is 29.3 Å². The Kier molecular flexibility index (Phi) is 8.85. The van der Waals surface area contributed by atoms with Crippen LogP contribution in [0.4, 0.5) is 13.2 Å². The molecule has 1 aromatic rings. The third-order valence-corrected chi connectivity index (χ3v) is 6.14. The van der Waals surface area contributed by atoms with E-state index in [0.717, 1.165) is 62.9 Å². The van der Waals surface area contributed by atoms with Gasteiger partial charge in [-0.05, 0) is 58.1 Å². The van der Waals surface area contributed by atoms with Gasteiger partial charge in [-0.3, -0.25) is 4.99 Å². The van der Waals surface area contributed by atoms with Gasteiger partial charge in [-0.15, -0.1) is 24.0 Å². The van der Waals surface area contributed by atoms with E-state index in [9.17, 15) is 13.2 Å². The quantitative estimate of drug-likeness (QED) is 0.311. The zero-order valence-electron chi connectivity index (χ0n) is 18.1. The molecule has 1 heterocycles. The molecule has 8 heteroatoms. The lowest BCUT2D eigenvalue weighted by Crippen LogP contribution is -2.50. The number of likely N-dealkylation sites (tertiary alicyclic amines) is 1. The maximum atomic E-state index is 13.1. The number of halogens is 4. The summed E-state index contributed by atoms with van der Waals surface area (Å²) in [6.07, 6.45) is -0.409. The second kappa shape index (κ2) is 10.5. The van der Waals surface area contributed by atoms with E-state index in [4.69, 9.17) is 4.99 Å². The second-order valence-electron chi connectivity index (χ2n) is 8.60. The molecule has 2 aliphatic rings. The number of nitrogens with one attached hydrogen (secondary N) is 2. The van der Waals surface area contributed by atoms with Crippen molar-refractivity contribution in [1.29, 1.82) is 0 Å². The minimum Gasteiger partial charge on any atom is -0.357 e. The van der Waals surface area contributed by atoms with Gasteiger partial charge in [0.15, 0.2) is 5.96 Å². The summed E-state index contributed by atoms with van der Waals surface area (Å²) in [7, 11) is 0. The lowest BCUT2D eigenvalue weighted by atomic mass is 9.94. The third kappa shape index (κ3) is 6.48. The van der Waals surface area contributed by atoms with Crippen LogP contribution in [-0.2, 0) is 11.6 Å². The van der Waals surface area contributed by atoms with Gasteiger partial charge in [-0.2, -0.15) is 13.2 Å². The Morgan fingerprint density at radius 2 is 1.90 bits per heavy atom. The fourth-order valence-corrected chi connectivity index (χ4v) is 4.02. The number of hydrogen-bond donors (Lipinski definition) is 2. The Bertz CT molecular complexity index is 709. The van der Waals surface area contributed by atoms with Gasteiger partial charge in [-0.1, -0.05) is 18.2 Å². The number of aliphatic imine (C=N–C) groups is 1. The maximum absolute atomic E-state index is 13.1. The molecule has 30 heavy (non-hydrogen) atoms. The van der Waals surface area contributed by atoms with Gasteiger partial charge in [-0.25, -0.2) is 0 Å². The average Bonchev–Trinajstić information content (AvgIpc) is 3.47. The van der Waals surface area contributed by atoms with Crippen LogP contribution < -0.4 is 10.6 Å². The molecule has 0 unspecified atom stereocenters. The van der Waals surface area contributed by atoms with Gasteiger partial charge in [0.05, 0.1) is 12.1 Å². The van der Waals surface area contributed by atoms with Gasteiger partial charge in [0.1, 0.15) is 0 Å². The molecule has 0 amide bonds. The molecule has 3 rings (SSSR count). The molecule has 0 radical (unpaired) electrons. The first kappa shape index (κ1) is 25.2. The minimum atomic E-state index is -4.31. The first-order valence-electron chi connectivity index (χ1n) is 10.7. The Hall–Kier alpha value is -1.03. The van der Waals surface area contributed by atoms with Crippen LogP contribution in [0, 0.1) is 0 Å². The van der Waals surface area contributed by atoms with Crippen molar-refractivity contribution in [1.82, 2.24) is 15.5 Å². The van der Waals surface area contributed by atoms with Gasteiger partial charge in [0.25, 0.3) is 0 Å². The van der Waals surface area contributed by atoms with Crippen molar-refractivity contribution in [3.63, 3.8) is 0 Å². The molecule has 0 aromatic heterocycles. The van der Waals surface area contributed by atoms with Gasteiger partial charge >= 0.3 is 6.18 Å². The Morgan fingerprint density at radius 1 is 1.23 bits per heavy atom. The van der Waals surface area contributed by atoms with E-state index in [2.05, 4.69) is 29.4 Å². The SMILES string of the molecule is CCNC(=NCC1(c2cccc(C(F)(F)F)c2)CC1)NC1CCN(C(C)C)CC1.I. The Balaban J connectivity index is 0.00000320. The highest BCUT2D eigenvalue weighted by molar-refractivity contribution is 14.0. The molecule has 0 atom stereocenters. The van der Waals surface area contributed by atoms with Crippen molar-refractivity contribution in [3.8, 4) is 0 Å². The van der Waals surface area contributed by atoms with Gasteiger partial charge in [0.2, 0.25) is 0 Å². The van der Waals surface area contributed by atoms with Crippen LogP contribution in [0.2, 0.25) is 0 Å². The van der Waals surface area contributed by atoms with Crippen LogP contribution in [0.1, 0.15) is 57.6 Å². The standard InChI is InChI=1S/C22H33F3N4.HI/c1-4-26-20(28-19-8-12-29(13-9-19)16(2)3)27-15-21(10-11-21)17-6-5-7-18(14-17)22(23,24)25;/h5-7,14,16,19H,4,8-13,15H2,1-3H3,(H2,26,27,28);1H. The van der Waals surface area contributed by atoms with E-state index in [1.165, 1.54) is 12.1 Å². The van der Waals surface area contributed by atoms with E-state index in [1.54, 1.807) is 6.07 Å². The molecule has 0 spiro atoms. The lowest BCUT2D eigenvalue weighted by Gasteiger charge is -2.35. The van der Waals surface area contributed by atoms with E-state index >= 15 is 0 Å². The molecule has 1 saturated heterocycles. The van der Waals surface area contributed by atoms with Gasteiger partial charge in [0, 0.05) is 37.1 Å². The normalized spacial score (nSPS) is 20.0. The fraction of sp³-hybridized carbons (Fsp3) is 0.682. The average molecular weight is 538 g/mol. The van der Waals surface area contributed by atoms with Crippen molar-refractivity contribution < 1.29 is 13.2 Å². The highest BCUT2D eigenvalue weighted by Crippen LogP contribution is 2.49. The summed E-state index contributed by atoms with van der Waals surface area (Å²) >= 11 is 0. The number of rotatable bonds is 6. The first-order chi connectivity index (χ1) is 13.7. The van der Waals surface area contributed by atoms with E-state index in [0.29, 0.717) is 18.6 Å². The first-order valence-corrected chi connectivity index (χ1v) is 10.7. The molecular formula is C22H34F3IN4. The molecule has 1 saturated carbocycles. The minimum absolute atomic E-state index is 0. The second-order valence-corrected chi connectivity index (χ2v) is 8.60. The molecule has 2 N–H and O–H groups in total. The maximum Gasteiger partial charge on any atom is 0.416 e. The molecule has 2 fully saturated rings. The van der Waals surface area contributed by atoms with Crippen molar-refractivity contribution in [3.05, 3.63) is 35.4 Å². The van der Waals surface area contributed by atoms with E-state index in [-0.39, 0.29) is 29.4 Å². The number of guanidine groups is 1. The molecule has 1 aromatic carbocycles. The summed E-state index contributed by atoms with van der Waals surface area (Å²) in [4.78, 5) is 7.24. The van der Waals surface area contributed by atoms with E-state index in [1.807, 2.05) is 6.92 Å². The van der Waals surface area contributed by atoms with Crippen LogP contribution >= 0.6 is 24.0 Å². The predicted octanol–water partition coefficient (Wildman–Crippen LogP) is 4.78. The zero-order chi connectivity index (χ0) is 21.1. The fourth-order valence-electron chi connectivity index (χ4n) is 4.02. The van der Waals surface area contributed by atoms with E-state index < -0.39 is 11.7 Å². The summed E-state index contributed by atoms with van der Waals surface area (Å²) < 4.78 is 39.2. The molecule has 1 aliphatic heterocycles. The monoisotopic (exact) mass is 538 g/mol. The molecule has 4 nitrogen and oxygen atoms in total. The topological polar surface area (TPSA) is 39.7 Å². The number of alkyl halides is 3. The number of piperidine rings is 1. The van der Waals surface area contributed by atoms with Crippen molar-refractivity contribution >= 4 is 29.9 Å². The summed E-state index contributed by atoms with van der Waals surface area (Å²) in [6, 6.07) is 6.70. The largest absolute Gasteiger partial charge is 0.416 e. The van der Waals surface area contributed by atoms with Crippen LogP contribution in [0.5, 0.6) is 0 Å². The van der Waals surface area contributed by atoms with Crippen molar-refractivity contribution in [2.45, 2.75) is 70.1 Å². The summed E-state index contributed by atoms with van der Waals surface area (Å²) in [5, 5.41) is 6.83. The van der Waals surface area contributed by atoms with Gasteiger partial charge < -0.3 is 15.5 Å². The van der Waals surface area contributed by atoms with Crippen LogP contribution in [0.25, 0.3) is 0 Å².